The van der Waals surface area contributed by atoms with Crippen molar-refractivity contribution in [3.63, 3.8) is 0 Å². The summed E-state index contributed by atoms with van der Waals surface area (Å²) in [5.41, 5.74) is -0.345. The van der Waals surface area contributed by atoms with Crippen molar-refractivity contribution >= 4 is 61.5 Å². The van der Waals surface area contributed by atoms with Crippen molar-refractivity contribution in [2.45, 2.75) is 0 Å². The molecular weight excluding hydrogens is 462 g/mol. The van der Waals surface area contributed by atoms with Crippen LogP contribution in [-0.4, -0.2) is 29.4 Å². The average Bonchev–Trinajstić information content (AvgIpc) is 2.74. The van der Waals surface area contributed by atoms with Gasteiger partial charge in [-0.25, -0.2) is 0 Å². The summed E-state index contributed by atoms with van der Waals surface area (Å²) in [5.74, 6) is 0. The van der Waals surface area contributed by atoms with Gasteiger partial charge in [-0.3, -0.25) is 20.2 Å². The van der Waals surface area contributed by atoms with E-state index in [4.69, 9.17) is 0 Å². The van der Waals surface area contributed by atoms with Crippen molar-refractivity contribution < 1.29 is 29.4 Å². The van der Waals surface area contributed by atoms with Crippen LogP contribution in [0.2, 0.25) is 0 Å². The third-order valence-corrected chi connectivity index (χ3v) is 5.78. The lowest BCUT2D eigenvalue weighted by Crippen LogP contribution is -2.04. The molecule has 0 aromatic heterocycles. The van der Waals surface area contributed by atoms with Crippen LogP contribution >= 0.6 is 16.8 Å². The van der Waals surface area contributed by atoms with Crippen molar-refractivity contribution in [3.8, 4) is 0 Å². The second-order valence-corrected chi connectivity index (χ2v) is 8.51. The van der Waals surface area contributed by atoms with Gasteiger partial charge in [0.1, 0.15) is 11.4 Å². The monoisotopic (exact) mass is 478 g/mol. The highest BCUT2D eigenvalue weighted by Gasteiger charge is 2.25. The number of anilines is 4. The Hall–Kier alpha value is -3.24. The standard InChI is InChI=1S/C18H16N4O8P2/c23-21(24)17-10-18(22(25)26)16(20-12-3-7-14(8-4-12)32(29)30)9-15(17)19-11-1-5-13(6-2-11)31(27)28/h1-10,19-20,27-30H. The van der Waals surface area contributed by atoms with Crippen molar-refractivity contribution in [1.29, 1.82) is 0 Å². The Labute approximate surface area is 182 Å². The minimum absolute atomic E-state index is 0.0306. The van der Waals surface area contributed by atoms with Crippen molar-refractivity contribution in [3.05, 3.63) is 80.9 Å². The molecule has 0 bridgehead atoms. The van der Waals surface area contributed by atoms with Crippen LogP contribution in [0.4, 0.5) is 34.1 Å². The second kappa shape index (κ2) is 9.92. The van der Waals surface area contributed by atoms with Crippen molar-refractivity contribution in [2.75, 3.05) is 10.6 Å². The highest BCUT2D eigenvalue weighted by Crippen LogP contribution is 2.39. The number of nitrogens with one attached hydrogen (secondary N) is 2. The summed E-state index contributed by atoms with van der Waals surface area (Å²) < 4.78 is 0. The van der Waals surface area contributed by atoms with E-state index < -0.39 is 38.0 Å². The topological polar surface area (TPSA) is 191 Å². The number of nitro benzene ring substituents is 2. The summed E-state index contributed by atoms with van der Waals surface area (Å²) in [7, 11) is -4.57. The Morgan fingerprint density at radius 1 is 0.625 bits per heavy atom. The van der Waals surface area contributed by atoms with Gasteiger partial charge in [0.15, 0.2) is 16.8 Å². The Kier molecular flexibility index (Phi) is 7.26. The smallest absolute Gasteiger partial charge is 0.299 e. The fraction of sp³-hybridized carbons (Fsp3) is 0. The number of benzene rings is 3. The summed E-state index contributed by atoms with van der Waals surface area (Å²) in [6.07, 6.45) is 0. The van der Waals surface area contributed by atoms with Gasteiger partial charge in [0, 0.05) is 22.0 Å². The predicted octanol–water partition coefficient (Wildman–Crippen LogP) is 2.83. The zero-order valence-electron chi connectivity index (χ0n) is 16.0. The largest absolute Gasteiger partial charge is 0.350 e. The predicted molar refractivity (Wildman–Crippen MR) is 121 cm³/mol. The van der Waals surface area contributed by atoms with Crippen LogP contribution in [0.15, 0.2) is 60.7 Å². The Balaban J connectivity index is 2.00. The summed E-state index contributed by atoms with van der Waals surface area (Å²) in [6.45, 7) is 0. The first-order valence-corrected chi connectivity index (χ1v) is 11.2. The first-order valence-electron chi connectivity index (χ1n) is 8.72. The highest BCUT2D eigenvalue weighted by molar-refractivity contribution is 7.54. The lowest BCUT2D eigenvalue weighted by molar-refractivity contribution is -0.393. The van der Waals surface area contributed by atoms with E-state index in [1.165, 1.54) is 54.6 Å². The molecule has 0 radical (unpaired) electrons. The van der Waals surface area contributed by atoms with Crippen LogP contribution in [0.5, 0.6) is 0 Å². The number of nitro groups is 2. The average molecular weight is 478 g/mol. The van der Waals surface area contributed by atoms with Crippen LogP contribution in [0.1, 0.15) is 0 Å². The molecule has 3 rings (SSSR count). The van der Waals surface area contributed by atoms with E-state index in [-0.39, 0.29) is 22.0 Å². The first kappa shape index (κ1) is 23.4. The van der Waals surface area contributed by atoms with E-state index in [2.05, 4.69) is 10.6 Å². The van der Waals surface area contributed by atoms with Crippen LogP contribution < -0.4 is 21.2 Å². The van der Waals surface area contributed by atoms with Crippen molar-refractivity contribution in [2.24, 2.45) is 0 Å². The lowest BCUT2D eigenvalue weighted by atomic mass is 10.1. The van der Waals surface area contributed by atoms with E-state index in [9.17, 15) is 39.8 Å². The molecule has 12 nitrogen and oxygen atoms in total. The zero-order chi connectivity index (χ0) is 23.4. The SMILES string of the molecule is O=[N+]([O-])c1cc([N+](=O)[O-])c(Nc2ccc(P(O)O)cc2)cc1Nc1ccc(P(O)O)cc1. The summed E-state index contributed by atoms with van der Waals surface area (Å²) >= 11 is 0. The van der Waals surface area contributed by atoms with Gasteiger partial charge in [-0.1, -0.05) is 0 Å². The van der Waals surface area contributed by atoms with Crippen LogP contribution in [0.3, 0.4) is 0 Å². The molecule has 32 heavy (non-hydrogen) atoms. The fourth-order valence-electron chi connectivity index (χ4n) is 2.75. The van der Waals surface area contributed by atoms with E-state index in [1.807, 2.05) is 0 Å². The Bertz CT molecular complexity index is 1050. The van der Waals surface area contributed by atoms with Gasteiger partial charge in [0.2, 0.25) is 0 Å². The molecule has 14 heteroatoms. The minimum atomic E-state index is -2.29. The number of rotatable bonds is 8. The number of hydrogen-bond acceptors (Lipinski definition) is 10. The van der Waals surface area contributed by atoms with Gasteiger partial charge in [-0.2, -0.15) is 0 Å². The molecule has 0 amide bonds. The van der Waals surface area contributed by atoms with Gasteiger partial charge >= 0.3 is 0 Å². The minimum Gasteiger partial charge on any atom is -0.350 e. The third-order valence-electron chi connectivity index (χ3n) is 4.26. The molecule has 0 saturated carbocycles. The molecule has 0 spiro atoms. The molecular formula is C18H16N4O8P2. The molecule has 166 valence electrons. The highest BCUT2D eigenvalue weighted by atomic mass is 31.2. The maximum Gasteiger partial charge on any atom is 0.299 e. The Morgan fingerprint density at radius 3 is 1.25 bits per heavy atom. The number of hydrogen-bond donors (Lipinski definition) is 6. The summed E-state index contributed by atoms with van der Waals surface area (Å²) in [6, 6.07) is 13.7. The van der Waals surface area contributed by atoms with E-state index in [0.29, 0.717) is 11.4 Å². The van der Waals surface area contributed by atoms with Gasteiger partial charge in [-0.05, 0) is 54.6 Å². The van der Waals surface area contributed by atoms with Gasteiger partial charge < -0.3 is 30.2 Å². The third kappa shape index (κ3) is 5.51. The molecule has 0 aliphatic carbocycles. The maximum absolute atomic E-state index is 11.5. The summed E-state index contributed by atoms with van der Waals surface area (Å²) in [5, 5.41) is 29.2. The van der Waals surface area contributed by atoms with Crippen LogP contribution in [0, 0.1) is 20.2 Å². The Morgan fingerprint density at radius 2 is 0.969 bits per heavy atom. The van der Waals surface area contributed by atoms with Crippen LogP contribution in [0.25, 0.3) is 0 Å². The van der Waals surface area contributed by atoms with Gasteiger partial charge in [-0.15, -0.1) is 0 Å². The number of nitrogens with zero attached hydrogens (tertiary/aromatic N) is 2. The zero-order valence-corrected chi connectivity index (χ0v) is 17.8. The quantitative estimate of drug-likeness (QED) is 0.159. The van der Waals surface area contributed by atoms with Crippen molar-refractivity contribution in [1.82, 2.24) is 0 Å². The molecule has 0 heterocycles. The van der Waals surface area contributed by atoms with E-state index in [1.54, 1.807) is 0 Å². The molecule has 6 N–H and O–H groups in total. The molecule has 0 fully saturated rings. The fourth-order valence-corrected chi connectivity index (χ4v) is 3.58. The molecule has 0 atom stereocenters. The van der Waals surface area contributed by atoms with Crippen LogP contribution in [-0.2, 0) is 0 Å². The molecule has 0 saturated heterocycles. The first-order chi connectivity index (χ1) is 15.2. The maximum atomic E-state index is 11.5. The second-order valence-electron chi connectivity index (χ2n) is 6.32. The normalized spacial score (nSPS) is 10.9. The molecule has 0 aliphatic rings. The van der Waals surface area contributed by atoms with E-state index in [0.717, 1.165) is 6.07 Å². The molecule has 0 unspecified atom stereocenters. The van der Waals surface area contributed by atoms with Gasteiger partial charge in [0.25, 0.3) is 11.4 Å². The molecule has 3 aromatic carbocycles. The lowest BCUT2D eigenvalue weighted by Gasteiger charge is -2.13. The molecule has 3 aromatic rings. The van der Waals surface area contributed by atoms with E-state index >= 15 is 0 Å². The van der Waals surface area contributed by atoms with Gasteiger partial charge in [0.05, 0.1) is 15.9 Å². The molecule has 0 aliphatic heterocycles. The summed E-state index contributed by atoms with van der Waals surface area (Å²) in [4.78, 5) is 58.5.